The van der Waals surface area contributed by atoms with Crippen LogP contribution in [-0.2, 0) is 11.3 Å². The Morgan fingerprint density at radius 1 is 1.16 bits per heavy atom. The lowest BCUT2D eigenvalue weighted by atomic mass is 9.93. The Bertz CT molecular complexity index is 1200. The van der Waals surface area contributed by atoms with Crippen molar-refractivity contribution in [3.8, 4) is 0 Å². The molecular weight excluding hydrogens is 422 g/mol. The topological polar surface area (TPSA) is 83.4 Å². The number of carbonyl (C=O) groups excluding carboxylic acids is 2. The zero-order valence-electron chi connectivity index (χ0n) is 18.5. The van der Waals surface area contributed by atoms with E-state index in [2.05, 4.69) is 23.8 Å². The molecule has 1 aliphatic heterocycles. The van der Waals surface area contributed by atoms with Crippen molar-refractivity contribution in [2.24, 2.45) is 0 Å². The highest BCUT2D eigenvalue weighted by molar-refractivity contribution is 7.14. The van der Waals surface area contributed by atoms with E-state index in [1.165, 1.54) is 16.2 Å². The van der Waals surface area contributed by atoms with Crippen molar-refractivity contribution in [3.63, 3.8) is 0 Å². The van der Waals surface area contributed by atoms with E-state index in [0.29, 0.717) is 22.2 Å². The van der Waals surface area contributed by atoms with E-state index in [4.69, 9.17) is 0 Å². The first-order valence-corrected chi connectivity index (χ1v) is 11.3. The number of Topliss-reactive ketones (excluding diaryl/α,β-unsaturated/α-hetero) is 1. The van der Waals surface area contributed by atoms with E-state index in [-0.39, 0.29) is 17.9 Å². The van der Waals surface area contributed by atoms with Gasteiger partial charge in [-0.25, -0.2) is 4.98 Å². The number of amides is 1. The molecule has 0 fully saturated rings. The van der Waals surface area contributed by atoms with Crippen LogP contribution in [0, 0.1) is 13.8 Å². The van der Waals surface area contributed by atoms with Crippen LogP contribution in [0.5, 0.6) is 0 Å². The zero-order valence-corrected chi connectivity index (χ0v) is 19.3. The minimum absolute atomic E-state index is 0.0926. The van der Waals surface area contributed by atoms with Crippen molar-refractivity contribution in [3.05, 3.63) is 92.4 Å². The average molecular weight is 448 g/mol. The lowest BCUT2D eigenvalue weighted by Gasteiger charge is -2.27. The zero-order chi connectivity index (χ0) is 23.0. The van der Waals surface area contributed by atoms with Gasteiger partial charge in [0.1, 0.15) is 0 Å². The number of nitrogens with zero attached hydrogens (tertiary/aromatic N) is 3. The Morgan fingerprint density at radius 3 is 2.44 bits per heavy atom. The maximum atomic E-state index is 13.6. The summed E-state index contributed by atoms with van der Waals surface area (Å²) >= 11 is 1.27. The van der Waals surface area contributed by atoms with Crippen LogP contribution in [0.3, 0.4) is 0 Å². The number of benzene rings is 1. The first kappa shape index (κ1) is 21.9. The standard InChI is InChI=1S/C25H25N3O3S/c1-14(2)17-8-10-18(11-9-17)21-20(22(29)24-15(3)27-16(4)32-24)23(30)25(31)28(21)13-19-7-5-6-12-26-19/h5-12,14,21,30H,13H2,1-4H3. The number of rotatable bonds is 6. The fourth-order valence-electron chi connectivity index (χ4n) is 3.99. The van der Waals surface area contributed by atoms with Crippen molar-refractivity contribution < 1.29 is 14.7 Å². The molecule has 1 unspecified atom stereocenters. The Hall–Kier alpha value is -3.32. The van der Waals surface area contributed by atoms with Crippen LogP contribution in [0.15, 0.2) is 60.0 Å². The molecule has 0 spiro atoms. The number of aryl methyl sites for hydroxylation is 2. The molecule has 1 N–H and O–H groups in total. The van der Waals surface area contributed by atoms with Crippen molar-refractivity contribution >= 4 is 23.0 Å². The number of pyridine rings is 1. The molecular formula is C25H25N3O3S. The number of aliphatic hydroxyl groups is 1. The molecule has 7 heteroatoms. The quantitative estimate of drug-likeness (QED) is 0.534. The first-order chi connectivity index (χ1) is 15.3. The third-order valence-corrected chi connectivity index (χ3v) is 6.71. The molecule has 0 aliphatic carbocycles. The van der Waals surface area contributed by atoms with E-state index in [1.807, 2.05) is 43.3 Å². The summed E-state index contributed by atoms with van der Waals surface area (Å²) in [6, 6.07) is 12.6. The lowest BCUT2D eigenvalue weighted by Crippen LogP contribution is -2.31. The predicted octanol–water partition coefficient (Wildman–Crippen LogP) is 5.06. The fraction of sp³-hybridized carbons (Fsp3) is 0.280. The molecule has 6 nitrogen and oxygen atoms in total. The molecule has 0 bridgehead atoms. The van der Waals surface area contributed by atoms with Gasteiger partial charge < -0.3 is 10.0 Å². The Kier molecular flexibility index (Phi) is 5.93. The summed E-state index contributed by atoms with van der Waals surface area (Å²) < 4.78 is 0. The van der Waals surface area contributed by atoms with Gasteiger partial charge >= 0.3 is 0 Å². The minimum Gasteiger partial charge on any atom is -0.503 e. The van der Waals surface area contributed by atoms with Crippen molar-refractivity contribution in [1.82, 2.24) is 14.9 Å². The maximum Gasteiger partial charge on any atom is 0.290 e. The summed E-state index contributed by atoms with van der Waals surface area (Å²) in [6.07, 6.45) is 1.66. The molecule has 3 heterocycles. The van der Waals surface area contributed by atoms with E-state index in [1.54, 1.807) is 19.2 Å². The van der Waals surface area contributed by atoms with Crippen LogP contribution in [0.2, 0.25) is 0 Å². The number of ketones is 1. The molecule has 0 radical (unpaired) electrons. The Balaban J connectivity index is 1.81. The monoisotopic (exact) mass is 447 g/mol. The lowest BCUT2D eigenvalue weighted by molar-refractivity contribution is -0.130. The second-order valence-corrected chi connectivity index (χ2v) is 9.42. The molecule has 1 aromatic carbocycles. The Labute approximate surface area is 191 Å². The summed E-state index contributed by atoms with van der Waals surface area (Å²) in [6.45, 7) is 7.99. The molecule has 1 amide bonds. The van der Waals surface area contributed by atoms with Crippen LogP contribution in [0.4, 0.5) is 0 Å². The van der Waals surface area contributed by atoms with E-state index >= 15 is 0 Å². The summed E-state index contributed by atoms with van der Waals surface area (Å²) in [5.41, 5.74) is 3.29. The van der Waals surface area contributed by atoms with Crippen molar-refractivity contribution in [2.75, 3.05) is 0 Å². The SMILES string of the molecule is Cc1nc(C)c(C(=O)C2=C(O)C(=O)N(Cc3ccccn3)C2c2ccc(C(C)C)cc2)s1. The molecule has 4 rings (SSSR count). The van der Waals surface area contributed by atoms with E-state index in [0.717, 1.165) is 16.1 Å². The number of hydrogen-bond acceptors (Lipinski definition) is 6. The second kappa shape index (κ2) is 8.67. The molecule has 164 valence electrons. The van der Waals surface area contributed by atoms with Crippen molar-refractivity contribution in [1.29, 1.82) is 0 Å². The van der Waals surface area contributed by atoms with Gasteiger partial charge in [-0.15, -0.1) is 11.3 Å². The van der Waals surface area contributed by atoms with Gasteiger partial charge in [0, 0.05) is 6.20 Å². The summed E-state index contributed by atoms with van der Waals surface area (Å²) in [4.78, 5) is 37.3. The fourth-order valence-corrected chi connectivity index (χ4v) is 4.86. The summed E-state index contributed by atoms with van der Waals surface area (Å²) in [5, 5.41) is 11.6. The highest BCUT2D eigenvalue weighted by atomic mass is 32.1. The third-order valence-electron chi connectivity index (χ3n) is 5.64. The highest BCUT2D eigenvalue weighted by Crippen LogP contribution is 2.41. The minimum atomic E-state index is -0.708. The van der Waals surface area contributed by atoms with Crippen LogP contribution in [0.25, 0.3) is 0 Å². The maximum absolute atomic E-state index is 13.6. The van der Waals surface area contributed by atoms with E-state index in [9.17, 15) is 14.7 Å². The number of carbonyl (C=O) groups is 2. The number of hydrogen-bond donors (Lipinski definition) is 1. The number of thiazole rings is 1. The molecule has 0 saturated heterocycles. The average Bonchev–Trinajstić information content (AvgIpc) is 3.24. The van der Waals surface area contributed by atoms with Gasteiger partial charge in [-0.2, -0.15) is 0 Å². The molecule has 3 aromatic rings. The molecule has 1 aliphatic rings. The number of aliphatic hydroxyl groups excluding tert-OH is 1. The number of aromatic nitrogens is 2. The molecule has 0 saturated carbocycles. The van der Waals surface area contributed by atoms with Gasteiger partial charge in [-0.05, 0) is 43.0 Å². The Morgan fingerprint density at radius 2 is 1.88 bits per heavy atom. The van der Waals surface area contributed by atoms with Gasteiger partial charge in [-0.1, -0.05) is 44.2 Å². The van der Waals surface area contributed by atoms with Crippen LogP contribution >= 0.6 is 11.3 Å². The van der Waals surface area contributed by atoms with Crippen LogP contribution in [-0.4, -0.2) is 31.7 Å². The third kappa shape index (κ3) is 3.96. The molecule has 2 aromatic heterocycles. The van der Waals surface area contributed by atoms with Gasteiger partial charge in [0.05, 0.1) is 39.4 Å². The highest BCUT2D eigenvalue weighted by Gasteiger charge is 2.44. The largest absolute Gasteiger partial charge is 0.503 e. The van der Waals surface area contributed by atoms with E-state index < -0.39 is 17.7 Å². The van der Waals surface area contributed by atoms with Crippen LogP contribution < -0.4 is 0 Å². The molecule has 1 atom stereocenters. The van der Waals surface area contributed by atoms with Crippen molar-refractivity contribution in [2.45, 2.75) is 46.2 Å². The van der Waals surface area contributed by atoms with Gasteiger partial charge in [0.15, 0.2) is 5.76 Å². The van der Waals surface area contributed by atoms with Gasteiger partial charge in [0.2, 0.25) is 5.78 Å². The molecule has 32 heavy (non-hydrogen) atoms. The van der Waals surface area contributed by atoms with Gasteiger partial charge in [-0.3, -0.25) is 14.6 Å². The van der Waals surface area contributed by atoms with Gasteiger partial charge in [0.25, 0.3) is 5.91 Å². The second-order valence-electron chi connectivity index (χ2n) is 8.22. The normalized spacial score (nSPS) is 16.3. The summed E-state index contributed by atoms with van der Waals surface area (Å²) in [5.74, 6) is -1.09. The first-order valence-electron chi connectivity index (χ1n) is 10.5. The van der Waals surface area contributed by atoms with Crippen LogP contribution in [0.1, 0.15) is 63.0 Å². The predicted molar refractivity (Wildman–Crippen MR) is 124 cm³/mol. The summed E-state index contributed by atoms with van der Waals surface area (Å²) in [7, 11) is 0. The smallest absolute Gasteiger partial charge is 0.290 e.